The maximum absolute atomic E-state index is 12.3. The van der Waals surface area contributed by atoms with Crippen molar-refractivity contribution in [2.45, 2.75) is 38.9 Å². The number of ketones is 1. The average Bonchev–Trinajstić information content (AvgIpc) is 2.52. The van der Waals surface area contributed by atoms with E-state index in [1.165, 1.54) is 12.3 Å². The number of aliphatic imine (C=N–C) groups is 1. The van der Waals surface area contributed by atoms with E-state index in [0.717, 1.165) is 0 Å². The summed E-state index contributed by atoms with van der Waals surface area (Å²) >= 11 is 0. The number of carboxylic acid groups (broad SMARTS) is 1. The first-order valence-corrected chi connectivity index (χ1v) is 6.74. The van der Waals surface area contributed by atoms with Crippen LogP contribution in [0.5, 0.6) is 0 Å². The summed E-state index contributed by atoms with van der Waals surface area (Å²) in [7, 11) is 0. The molecule has 0 aliphatic carbocycles. The third-order valence-corrected chi connectivity index (χ3v) is 3.63. The fourth-order valence-electron chi connectivity index (χ4n) is 2.62. The molecule has 1 aliphatic heterocycles. The van der Waals surface area contributed by atoms with Crippen molar-refractivity contribution in [1.82, 2.24) is 0 Å². The predicted octanol–water partition coefficient (Wildman–Crippen LogP) is 1.53. The van der Waals surface area contributed by atoms with Gasteiger partial charge in [-0.1, -0.05) is 18.2 Å². The quantitative estimate of drug-likeness (QED) is 0.790. The third kappa shape index (κ3) is 2.88. The van der Waals surface area contributed by atoms with E-state index in [1.807, 2.05) is 13.8 Å². The van der Waals surface area contributed by atoms with Crippen molar-refractivity contribution >= 4 is 23.7 Å². The molecule has 0 bridgehead atoms. The summed E-state index contributed by atoms with van der Waals surface area (Å²) in [5, 5.41) is 11.0. The van der Waals surface area contributed by atoms with Crippen molar-refractivity contribution in [3.63, 3.8) is 0 Å². The van der Waals surface area contributed by atoms with E-state index in [2.05, 4.69) is 4.99 Å². The number of nitrogens with zero attached hydrogens (tertiary/aromatic N) is 1. The largest absolute Gasteiger partial charge is 0.545 e. The lowest BCUT2D eigenvalue weighted by molar-refractivity contribution is -0.254. The molecule has 1 heterocycles. The number of para-hydroxylation sites is 1. The van der Waals surface area contributed by atoms with Gasteiger partial charge in [0.15, 0.2) is 5.78 Å². The van der Waals surface area contributed by atoms with Gasteiger partial charge in [0.25, 0.3) is 0 Å². The van der Waals surface area contributed by atoms with Crippen LogP contribution in [-0.2, 0) is 9.53 Å². The highest BCUT2D eigenvalue weighted by Crippen LogP contribution is 2.38. The minimum Gasteiger partial charge on any atom is -0.545 e. The van der Waals surface area contributed by atoms with Gasteiger partial charge < -0.3 is 14.6 Å². The highest BCUT2D eigenvalue weighted by atomic mass is 16.5. The highest BCUT2D eigenvalue weighted by molar-refractivity contribution is 6.03. The molecule has 1 fully saturated rings. The van der Waals surface area contributed by atoms with Crippen molar-refractivity contribution in [2.24, 2.45) is 10.9 Å². The molecule has 1 aromatic carbocycles. The number of ether oxygens (including phenoxy) is 1. The summed E-state index contributed by atoms with van der Waals surface area (Å²) in [5.41, 5.74) is -1.28. The first kappa shape index (κ1) is 15.4. The number of carbonyl (C=O) groups is 2. The number of hydrogen-bond acceptors (Lipinski definition) is 5. The van der Waals surface area contributed by atoms with Crippen LogP contribution in [0.3, 0.4) is 0 Å². The second kappa shape index (κ2) is 5.07. The van der Waals surface area contributed by atoms with Gasteiger partial charge >= 0.3 is 0 Å². The number of rotatable bonds is 3. The molecule has 2 rings (SSSR count). The standard InChI is InChI=1S/C16H19NO4/c1-15(2)11(13(18)16(3,4)21-15)9-17-12-8-6-5-7-10(12)14(19)20/h5-9,11H,1-4H3,(H,19,20)/p-1. The number of benzene rings is 1. The van der Waals surface area contributed by atoms with Crippen LogP contribution in [0.2, 0.25) is 0 Å². The Labute approximate surface area is 123 Å². The molecule has 0 aromatic heterocycles. The van der Waals surface area contributed by atoms with E-state index in [-0.39, 0.29) is 17.0 Å². The molecular weight excluding hydrogens is 270 g/mol. The van der Waals surface area contributed by atoms with Crippen LogP contribution in [0.15, 0.2) is 29.3 Å². The van der Waals surface area contributed by atoms with Gasteiger partial charge in [-0.3, -0.25) is 9.79 Å². The molecule has 5 heteroatoms. The number of aromatic carboxylic acids is 1. The summed E-state index contributed by atoms with van der Waals surface area (Å²) in [6.07, 6.45) is 1.47. The van der Waals surface area contributed by atoms with Crippen molar-refractivity contribution in [1.29, 1.82) is 0 Å². The molecular formula is C16H18NO4-. The Balaban J connectivity index is 2.34. The summed E-state index contributed by atoms with van der Waals surface area (Å²) in [4.78, 5) is 27.5. The minimum absolute atomic E-state index is 0.00261. The number of hydrogen-bond donors (Lipinski definition) is 0. The fourth-order valence-corrected chi connectivity index (χ4v) is 2.62. The van der Waals surface area contributed by atoms with Gasteiger partial charge in [0.05, 0.1) is 23.2 Å². The second-order valence-corrected chi connectivity index (χ2v) is 6.14. The lowest BCUT2D eigenvalue weighted by atomic mass is 9.87. The SMILES string of the molecule is CC1(C)OC(C)(C)C(C=Nc2ccccc2C(=O)[O-])C1=O. The molecule has 1 aromatic rings. The second-order valence-electron chi connectivity index (χ2n) is 6.14. The summed E-state index contributed by atoms with van der Waals surface area (Å²) < 4.78 is 5.76. The maximum Gasteiger partial charge on any atom is 0.175 e. The number of carbonyl (C=O) groups excluding carboxylic acids is 2. The van der Waals surface area contributed by atoms with Gasteiger partial charge in [0, 0.05) is 11.8 Å². The van der Waals surface area contributed by atoms with Crippen LogP contribution in [0.1, 0.15) is 38.1 Å². The van der Waals surface area contributed by atoms with E-state index in [9.17, 15) is 14.7 Å². The summed E-state index contributed by atoms with van der Waals surface area (Å²) in [6, 6.07) is 6.27. The molecule has 0 spiro atoms. The van der Waals surface area contributed by atoms with E-state index in [1.54, 1.807) is 32.0 Å². The zero-order valence-corrected chi connectivity index (χ0v) is 12.5. The third-order valence-electron chi connectivity index (χ3n) is 3.63. The van der Waals surface area contributed by atoms with Crippen LogP contribution in [0.4, 0.5) is 5.69 Å². The van der Waals surface area contributed by atoms with Crippen LogP contribution in [-0.4, -0.2) is 29.2 Å². The Kier molecular flexibility index (Phi) is 3.72. The van der Waals surface area contributed by atoms with Crippen LogP contribution in [0, 0.1) is 5.92 Å². The monoisotopic (exact) mass is 288 g/mol. The highest BCUT2D eigenvalue weighted by Gasteiger charge is 2.52. The zero-order chi connectivity index (χ0) is 15.8. The van der Waals surface area contributed by atoms with E-state index < -0.39 is 23.1 Å². The molecule has 0 N–H and O–H groups in total. The van der Waals surface area contributed by atoms with Gasteiger partial charge in [0.2, 0.25) is 0 Å². The van der Waals surface area contributed by atoms with E-state index >= 15 is 0 Å². The Hall–Kier alpha value is -2.01. The van der Waals surface area contributed by atoms with E-state index in [0.29, 0.717) is 0 Å². The molecule has 0 amide bonds. The zero-order valence-electron chi connectivity index (χ0n) is 12.5. The topological polar surface area (TPSA) is 78.8 Å². The average molecular weight is 288 g/mol. The fraction of sp³-hybridized carbons (Fsp3) is 0.438. The lowest BCUT2D eigenvalue weighted by Crippen LogP contribution is -2.31. The van der Waals surface area contributed by atoms with Gasteiger partial charge in [-0.05, 0) is 33.8 Å². The van der Waals surface area contributed by atoms with Crippen molar-refractivity contribution in [3.8, 4) is 0 Å². The van der Waals surface area contributed by atoms with Gasteiger partial charge in [-0.15, -0.1) is 0 Å². The molecule has 1 aliphatic rings. The molecule has 112 valence electrons. The van der Waals surface area contributed by atoms with Crippen LogP contribution in [0.25, 0.3) is 0 Å². The van der Waals surface area contributed by atoms with Gasteiger partial charge in [0.1, 0.15) is 5.60 Å². The van der Waals surface area contributed by atoms with Gasteiger partial charge in [-0.2, -0.15) is 0 Å². The molecule has 1 saturated heterocycles. The van der Waals surface area contributed by atoms with Crippen LogP contribution >= 0.6 is 0 Å². The Bertz CT molecular complexity index is 616. The van der Waals surface area contributed by atoms with Crippen LogP contribution < -0.4 is 5.11 Å². The predicted molar refractivity (Wildman–Crippen MR) is 76.7 cm³/mol. The Morgan fingerprint density at radius 2 is 1.90 bits per heavy atom. The van der Waals surface area contributed by atoms with Crippen molar-refractivity contribution < 1.29 is 19.4 Å². The van der Waals surface area contributed by atoms with Crippen molar-refractivity contribution in [2.75, 3.05) is 0 Å². The smallest absolute Gasteiger partial charge is 0.175 e. The van der Waals surface area contributed by atoms with Crippen molar-refractivity contribution in [3.05, 3.63) is 29.8 Å². The minimum atomic E-state index is -1.30. The van der Waals surface area contributed by atoms with Gasteiger partial charge in [-0.25, -0.2) is 0 Å². The number of carboxylic acids is 1. The van der Waals surface area contributed by atoms with E-state index in [4.69, 9.17) is 4.74 Å². The Morgan fingerprint density at radius 1 is 1.29 bits per heavy atom. The number of Topliss-reactive ketones (excluding diaryl/α,β-unsaturated/α-hetero) is 1. The Morgan fingerprint density at radius 3 is 2.43 bits per heavy atom. The molecule has 0 saturated carbocycles. The normalized spacial score (nSPS) is 23.6. The first-order valence-electron chi connectivity index (χ1n) is 6.74. The molecule has 1 unspecified atom stereocenters. The lowest BCUT2D eigenvalue weighted by Gasteiger charge is -2.23. The molecule has 5 nitrogen and oxygen atoms in total. The first-order chi connectivity index (χ1) is 9.65. The maximum atomic E-state index is 12.3. The molecule has 21 heavy (non-hydrogen) atoms. The molecule has 1 atom stereocenters. The summed E-state index contributed by atoms with van der Waals surface area (Å²) in [6.45, 7) is 7.09. The molecule has 0 radical (unpaired) electrons. The summed E-state index contributed by atoms with van der Waals surface area (Å²) in [5.74, 6) is -1.89.